The van der Waals surface area contributed by atoms with E-state index in [1.54, 1.807) is 0 Å². The molecule has 0 saturated carbocycles. The van der Waals surface area contributed by atoms with E-state index in [1.807, 2.05) is 0 Å². The smallest absolute Gasteiger partial charge is 0.104 e. The van der Waals surface area contributed by atoms with Gasteiger partial charge in [-0.3, -0.25) is 0 Å². The van der Waals surface area contributed by atoms with Crippen LogP contribution in [0.1, 0.15) is 51.4 Å². The van der Waals surface area contributed by atoms with Crippen LogP contribution < -0.4 is 16.4 Å². The normalized spacial score (nSPS) is 24.5. The van der Waals surface area contributed by atoms with E-state index in [4.69, 9.17) is 5.73 Å². The van der Waals surface area contributed by atoms with Crippen LogP contribution in [0.15, 0.2) is 23.5 Å². The zero-order valence-corrected chi connectivity index (χ0v) is 13.0. The maximum Gasteiger partial charge on any atom is 0.104 e. The summed E-state index contributed by atoms with van der Waals surface area (Å²) in [5.74, 6) is 1.10. The van der Waals surface area contributed by atoms with E-state index < -0.39 is 6.17 Å². The van der Waals surface area contributed by atoms with E-state index in [2.05, 4.69) is 22.8 Å². The lowest BCUT2D eigenvalue weighted by Crippen LogP contribution is -2.26. The van der Waals surface area contributed by atoms with Crippen LogP contribution in [0.4, 0.5) is 4.39 Å². The molecular formula is C17H30FN3. The molecule has 0 amide bonds. The van der Waals surface area contributed by atoms with Crippen LogP contribution in [0, 0.1) is 5.92 Å². The number of hydrogen-bond donors (Lipinski definition) is 3. The summed E-state index contributed by atoms with van der Waals surface area (Å²) in [5, 5.41) is 6.43. The number of hydrogen-bond acceptors (Lipinski definition) is 3. The van der Waals surface area contributed by atoms with Gasteiger partial charge in [-0.05, 0) is 50.6 Å². The lowest BCUT2D eigenvalue weighted by Gasteiger charge is -2.16. The molecule has 2 aliphatic heterocycles. The van der Waals surface area contributed by atoms with Crippen molar-refractivity contribution in [1.82, 2.24) is 10.6 Å². The Morgan fingerprint density at radius 3 is 2.95 bits per heavy atom. The summed E-state index contributed by atoms with van der Waals surface area (Å²) in [7, 11) is 0. The predicted molar refractivity (Wildman–Crippen MR) is 86.5 cm³/mol. The number of halogens is 1. The number of alkyl halides is 1. The van der Waals surface area contributed by atoms with Gasteiger partial charge in [0, 0.05) is 19.0 Å². The van der Waals surface area contributed by atoms with Gasteiger partial charge in [0.15, 0.2) is 0 Å². The quantitative estimate of drug-likeness (QED) is 0.603. The summed E-state index contributed by atoms with van der Waals surface area (Å²) in [6.07, 6.45) is 12.1. The molecule has 0 spiro atoms. The minimum Gasteiger partial charge on any atom is -0.385 e. The van der Waals surface area contributed by atoms with Crippen LogP contribution in [0.3, 0.4) is 0 Å². The Balaban J connectivity index is 1.51. The molecule has 2 aliphatic rings. The van der Waals surface area contributed by atoms with Crippen molar-refractivity contribution in [2.24, 2.45) is 11.7 Å². The molecule has 2 atom stereocenters. The fourth-order valence-corrected chi connectivity index (χ4v) is 3.15. The van der Waals surface area contributed by atoms with Crippen LogP contribution in [-0.2, 0) is 0 Å². The Kier molecular flexibility index (Phi) is 7.07. The molecule has 0 bridgehead atoms. The maximum atomic E-state index is 13.9. The van der Waals surface area contributed by atoms with Crippen molar-refractivity contribution < 1.29 is 4.39 Å². The molecule has 4 N–H and O–H groups in total. The lowest BCUT2D eigenvalue weighted by atomic mass is 9.97. The third-order valence-electron chi connectivity index (χ3n) is 4.56. The first-order chi connectivity index (χ1) is 10.3. The molecule has 1 unspecified atom stereocenters. The molecule has 3 nitrogen and oxygen atoms in total. The molecule has 0 aromatic heterocycles. The third-order valence-corrected chi connectivity index (χ3v) is 4.56. The highest BCUT2D eigenvalue weighted by Crippen LogP contribution is 2.21. The fourth-order valence-electron chi connectivity index (χ4n) is 3.15. The molecule has 0 aromatic carbocycles. The van der Waals surface area contributed by atoms with Crippen molar-refractivity contribution >= 4 is 0 Å². The molecule has 0 aromatic rings. The van der Waals surface area contributed by atoms with E-state index >= 15 is 0 Å². The van der Waals surface area contributed by atoms with Gasteiger partial charge in [0.05, 0.1) is 5.82 Å². The summed E-state index contributed by atoms with van der Waals surface area (Å²) in [4.78, 5) is 0. The molecule has 0 aliphatic carbocycles. The molecule has 1 saturated heterocycles. The average Bonchev–Trinajstić information content (AvgIpc) is 3.02. The molecule has 2 heterocycles. The Bertz CT molecular complexity index is 359. The molecule has 0 radical (unpaired) electrons. The van der Waals surface area contributed by atoms with Gasteiger partial charge in [-0.2, -0.15) is 0 Å². The summed E-state index contributed by atoms with van der Waals surface area (Å²) >= 11 is 0. The molecule has 2 rings (SSSR count). The van der Waals surface area contributed by atoms with Crippen molar-refractivity contribution in [2.45, 2.75) is 57.5 Å². The second-order valence-electron chi connectivity index (χ2n) is 6.28. The Morgan fingerprint density at radius 2 is 2.19 bits per heavy atom. The van der Waals surface area contributed by atoms with Crippen molar-refractivity contribution in [2.75, 3.05) is 19.6 Å². The standard InChI is InChI=1S/C17H30FN3/c18-16(15-10-12-20-13-15)9-5-3-1-2-4-7-14-8-6-11-21-17(14)19/h4,7,15-16,20-21H,1-3,5-6,8-13,19H2/b7-4-/t15-,16?/m1/s1. The largest absolute Gasteiger partial charge is 0.385 e. The van der Waals surface area contributed by atoms with Gasteiger partial charge in [0.2, 0.25) is 0 Å². The van der Waals surface area contributed by atoms with E-state index in [-0.39, 0.29) is 5.92 Å². The molecule has 120 valence electrons. The Labute approximate surface area is 128 Å². The maximum absolute atomic E-state index is 13.9. The monoisotopic (exact) mass is 295 g/mol. The van der Waals surface area contributed by atoms with E-state index in [9.17, 15) is 4.39 Å². The SMILES string of the molecule is NC1=C(/C=C\CCCCCC(F)[C@@H]2CCNC2)CCCN1. The van der Waals surface area contributed by atoms with Crippen LogP contribution in [0.2, 0.25) is 0 Å². The molecule has 4 heteroatoms. The number of nitrogens with one attached hydrogen (secondary N) is 2. The van der Waals surface area contributed by atoms with Gasteiger partial charge < -0.3 is 16.4 Å². The first-order valence-corrected chi connectivity index (χ1v) is 8.51. The zero-order chi connectivity index (χ0) is 14.9. The minimum atomic E-state index is -0.603. The minimum absolute atomic E-state index is 0.263. The van der Waals surface area contributed by atoms with Gasteiger partial charge in [0.25, 0.3) is 0 Å². The number of allylic oxidation sites excluding steroid dienone is 3. The third kappa shape index (κ3) is 5.70. The second kappa shape index (κ2) is 9.08. The van der Waals surface area contributed by atoms with E-state index in [1.165, 1.54) is 5.57 Å². The second-order valence-corrected chi connectivity index (χ2v) is 6.28. The van der Waals surface area contributed by atoms with Crippen LogP contribution in [-0.4, -0.2) is 25.8 Å². The van der Waals surface area contributed by atoms with Crippen molar-refractivity contribution in [3.05, 3.63) is 23.5 Å². The molecular weight excluding hydrogens is 265 g/mol. The summed E-state index contributed by atoms with van der Waals surface area (Å²) in [6.45, 7) is 2.85. The van der Waals surface area contributed by atoms with E-state index in [0.29, 0.717) is 0 Å². The van der Waals surface area contributed by atoms with Crippen molar-refractivity contribution in [3.63, 3.8) is 0 Å². The average molecular weight is 295 g/mol. The number of nitrogens with two attached hydrogens (primary N) is 1. The molecule has 21 heavy (non-hydrogen) atoms. The highest BCUT2D eigenvalue weighted by Gasteiger charge is 2.23. The van der Waals surface area contributed by atoms with Crippen molar-refractivity contribution in [3.8, 4) is 0 Å². The fraction of sp³-hybridized carbons (Fsp3) is 0.765. The predicted octanol–water partition coefficient (Wildman–Crippen LogP) is 2.99. The topological polar surface area (TPSA) is 50.1 Å². The summed E-state index contributed by atoms with van der Waals surface area (Å²) in [5.41, 5.74) is 7.14. The summed E-state index contributed by atoms with van der Waals surface area (Å²) in [6, 6.07) is 0. The van der Waals surface area contributed by atoms with Crippen molar-refractivity contribution in [1.29, 1.82) is 0 Å². The highest BCUT2D eigenvalue weighted by atomic mass is 19.1. The lowest BCUT2D eigenvalue weighted by molar-refractivity contribution is 0.221. The Morgan fingerprint density at radius 1 is 1.29 bits per heavy atom. The number of rotatable bonds is 8. The van der Waals surface area contributed by atoms with Gasteiger partial charge in [-0.1, -0.05) is 25.0 Å². The zero-order valence-electron chi connectivity index (χ0n) is 13.0. The Hall–Kier alpha value is -1.03. The van der Waals surface area contributed by atoms with Gasteiger partial charge in [-0.25, -0.2) is 4.39 Å². The van der Waals surface area contributed by atoms with Gasteiger partial charge in [0.1, 0.15) is 6.17 Å². The van der Waals surface area contributed by atoms with Crippen LogP contribution >= 0.6 is 0 Å². The first-order valence-electron chi connectivity index (χ1n) is 8.51. The summed E-state index contributed by atoms with van der Waals surface area (Å²) < 4.78 is 13.9. The first kappa shape index (κ1) is 16.3. The number of unbranched alkanes of at least 4 members (excludes halogenated alkanes) is 3. The van der Waals surface area contributed by atoms with Crippen LogP contribution in [0.25, 0.3) is 0 Å². The highest BCUT2D eigenvalue weighted by molar-refractivity contribution is 5.24. The van der Waals surface area contributed by atoms with E-state index in [0.717, 1.165) is 76.8 Å². The van der Waals surface area contributed by atoms with Crippen LogP contribution in [0.5, 0.6) is 0 Å². The van der Waals surface area contributed by atoms with Gasteiger partial charge >= 0.3 is 0 Å². The van der Waals surface area contributed by atoms with Gasteiger partial charge in [-0.15, -0.1) is 0 Å². The molecule has 1 fully saturated rings.